The number of rotatable bonds is 0. The lowest BCUT2D eigenvalue weighted by atomic mass is 10.1. The molecule has 14 heavy (non-hydrogen) atoms. The summed E-state index contributed by atoms with van der Waals surface area (Å²) in [5, 5.41) is 1.11. The molecule has 0 aliphatic carbocycles. The van der Waals surface area contributed by atoms with Gasteiger partial charge in [-0.25, -0.2) is 9.97 Å². The van der Waals surface area contributed by atoms with E-state index in [1.165, 1.54) is 11.1 Å². The van der Waals surface area contributed by atoms with Gasteiger partial charge in [-0.05, 0) is 37.1 Å². The molecule has 0 bridgehead atoms. The van der Waals surface area contributed by atoms with Crippen LogP contribution in [0.3, 0.4) is 0 Å². The molecule has 0 spiro atoms. The molecule has 2 rings (SSSR count). The van der Waals surface area contributed by atoms with Crippen molar-refractivity contribution in [1.29, 1.82) is 0 Å². The van der Waals surface area contributed by atoms with Crippen LogP contribution >= 0.6 is 0 Å². The lowest BCUT2D eigenvalue weighted by Gasteiger charge is -2.01. The van der Waals surface area contributed by atoms with Crippen LogP contribution in [0.5, 0.6) is 0 Å². The minimum atomic E-state index is 1.02. The van der Waals surface area contributed by atoms with Crippen molar-refractivity contribution in [2.75, 3.05) is 0 Å². The molecule has 1 aromatic carbocycles. The average molecular weight is 188 g/mol. The highest BCUT2D eigenvalue weighted by molar-refractivity contribution is 5.79. The summed E-state index contributed by atoms with van der Waals surface area (Å²) in [6, 6.07) is 4.21. The maximum atomic E-state index is 4.17. The highest BCUT2D eigenvalue weighted by atomic mass is 14.8. The summed E-state index contributed by atoms with van der Waals surface area (Å²) < 4.78 is 0. The Morgan fingerprint density at radius 3 is 2.36 bits per heavy atom. The number of nitrogens with zero attached hydrogens (tertiary/aromatic N) is 2. The summed E-state index contributed by atoms with van der Waals surface area (Å²) in [6.45, 7) is 8.19. The third kappa shape index (κ3) is 2.08. The number of hydrogen-bond donors (Lipinski definition) is 0. The van der Waals surface area contributed by atoms with E-state index in [4.69, 9.17) is 0 Å². The van der Waals surface area contributed by atoms with Crippen LogP contribution in [0.4, 0.5) is 0 Å². The van der Waals surface area contributed by atoms with Gasteiger partial charge in [0.05, 0.1) is 5.52 Å². The monoisotopic (exact) mass is 188 g/mol. The van der Waals surface area contributed by atoms with Crippen LogP contribution in [0, 0.1) is 13.8 Å². The lowest BCUT2D eigenvalue weighted by molar-refractivity contribution is 1.21. The Morgan fingerprint density at radius 1 is 1.00 bits per heavy atom. The average Bonchev–Trinajstić information content (AvgIpc) is 2.23. The van der Waals surface area contributed by atoms with Gasteiger partial charge >= 0.3 is 0 Å². The highest BCUT2D eigenvalue weighted by Crippen LogP contribution is 2.15. The van der Waals surface area contributed by atoms with Crippen LogP contribution < -0.4 is 0 Å². The zero-order valence-electron chi connectivity index (χ0n) is 9.20. The molecule has 0 radical (unpaired) electrons. The number of hydrogen-bond acceptors (Lipinski definition) is 2. The molecule has 0 N–H and O–H groups in total. The predicted molar refractivity (Wildman–Crippen MR) is 60.4 cm³/mol. The molecular formula is C12H16N2. The summed E-state index contributed by atoms with van der Waals surface area (Å²) in [6.07, 6.45) is 3.42. The molecule has 1 heterocycles. The van der Waals surface area contributed by atoms with Crippen molar-refractivity contribution in [2.24, 2.45) is 0 Å². The van der Waals surface area contributed by atoms with Crippen molar-refractivity contribution in [3.63, 3.8) is 0 Å². The van der Waals surface area contributed by atoms with Crippen molar-refractivity contribution in [2.45, 2.75) is 27.7 Å². The van der Waals surface area contributed by atoms with Crippen molar-refractivity contribution >= 4 is 10.9 Å². The largest absolute Gasteiger partial charge is 0.244 e. The number of aromatic nitrogens is 2. The van der Waals surface area contributed by atoms with Gasteiger partial charge < -0.3 is 0 Å². The zero-order valence-corrected chi connectivity index (χ0v) is 9.20. The lowest BCUT2D eigenvalue weighted by Crippen LogP contribution is -1.85. The summed E-state index contributed by atoms with van der Waals surface area (Å²) in [5.41, 5.74) is 3.59. The third-order valence-corrected chi connectivity index (χ3v) is 2.12. The van der Waals surface area contributed by atoms with E-state index in [9.17, 15) is 0 Å². The number of benzene rings is 1. The zero-order chi connectivity index (χ0) is 10.6. The summed E-state index contributed by atoms with van der Waals surface area (Å²) >= 11 is 0. The standard InChI is InChI=1S/C10H10N2.C2H6/c1-7-3-9-5-11-6-12-10(9)4-8(7)2;1-2/h3-6H,1-2H3;1-2H3. The van der Waals surface area contributed by atoms with Gasteiger partial charge in [0.15, 0.2) is 0 Å². The van der Waals surface area contributed by atoms with Gasteiger partial charge in [-0.3, -0.25) is 0 Å². The van der Waals surface area contributed by atoms with E-state index in [1.807, 2.05) is 20.0 Å². The summed E-state index contributed by atoms with van der Waals surface area (Å²) in [4.78, 5) is 8.14. The molecule has 0 saturated carbocycles. The quantitative estimate of drug-likeness (QED) is 0.634. The Bertz CT molecular complexity index is 381. The molecule has 2 nitrogen and oxygen atoms in total. The fraction of sp³-hybridized carbons (Fsp3) is 0.333. The Morgan fingerprint density at radius 2 is 1.64 bits per heavy atom. The van der Waals surface area contributed by atoms with E-state index >= 15 is 0 Å². The topological polar surface area (TPSA) is 25.8 Å². The molecule has 74 valence electrons. The van der Waals surface area contributed by atoms with E-state index in [1.54, 1.807) is 6.33 Å². The third-order valence-electron chi connectivity index (χ3n) is 2.12. The second kappa shape index (κ2) is 4.70. The first-order chi connectivity index (χ1) is 6.77. The molecule has 2 aromatic rings. The van der Waals surface area contributed by atoms with E-state index in [-0.39, 0.29) is 0 Å². The Labute approximate surface area is 85.0 Å². The van der Waals surface area contributed by atoms with Crippen LogP contribution in [0.15, 0.2) is 24.7 Å². The SMILES string of the molecule is CC.Cc1cc2cncnc2cc1C. The van der Waals surface area contributed by atoms with Gasteiger partial charge in [-0.2, -0.15) is 0 Å². The second-order valence-corrected chi connectivity index (χ2v) is 3.02. The van der Waals surface area contributed by atoms with Crippen LogP contribution in [0.2, 0.25) is 0 Å². The molecule has 0 atom stereocenters. The molecule has 1 aromatic heterocycles. The number of fused-ring (bicyclic) bond motifs is 1. The maximum absolute atomic E-state index is 4.17. The van der Waals surface area contributed by atoms with Crippen LogP contribution in [0.1, 0.15) is 25.0 Å². The van der Waals surface area contributed by atoms with Gasteiger partial charge in [0.1, 0.15) is 6.33 Å². The van der Waals surface area contributed by atoms with Gasteiger partial charge in [-0.15, -0.1) is 0 Å². The fourth-order valence-corrected chi connectivity index (χ4v) is 1.25. The van der Waals surface area contributed by atoms with E-state index in [0.717, 1.165) is 10.9 Å². The van der Waals surface area contributed by atoms with Gasteiger partial charge in [0.25, 0.3) is 0 Å². The van der Waals surface area contributed by atoms with Gasteiger partial charge in [0, 0.05) is 11.6 Å². The minimum absolute atomic E-state index is 1.02. The van der Waals surface area contributed by atoms with Crippen molar-refractivity contribution in [1.82, 2.24) is 9.97 Å². The fourth-order valence-electron chi connectivity index (χ4n) is 1.25. The normalized spacial score (nSPS) is 9.43. The first-order valence-corrected chi connectivity index (χ1v) is 4.94. The molecule has 0 saturated heterocycles. The predicted octanol–water partition coefficient (Wildman–Crippen LogP) is 3.27. The van der Waals surface area contributed by atoms with Crippen LogP contribution in [0.25, 0.3) is 10.9 Å². The molecule has 2 heteroatoms. The Kier molecular flexibility index (Phi) is 3.57. The van der Waals surface area contributed by atoms with Crippen molar-refractivity contribution in [3.05, 3.63) is 35.8 Å². The van der Waals surface area contributed by atoms with Crippen molar-refractivity contribution in [3.8, 4) is 0 Å². The molecule has 0 aliphatic rings. The van der Waals surface area contributed by atoms with Crippen LogP contribution in [-0.2, 0) is 0 Å². The van der Waals surface area contributed by atoms with E-state index < -0.39 is 0 Å². The molecular weight excluding hydrogens is 172 g/mol. The molecule has 0 aliphatic heterocycles. The smallest absolute Gasteiger partial charge is 0.116 e. The van der Waals surface area contributed by atoms with E-state index in [0.29, 0.717) is 0 Å². The Balaban J connectivity index is 0.000000461. The molecule has 0 unspecified atom stereocenters. The summed E-state index contributed by atoms with van der Waals surface area (Å²) in [5.74, 6) is 0. The summed E-state index contributed by atoms with van der Waals surface area (Å²) in [7, 11) is 0. The first kappa shape index (κ1) is 10.6. The Hall–Kier alpha value is -1.44. The van der Waals surface area contributed by atoms with Gasteiger partial charge in [0.2, 0.25) is 0 Å². The second-order valence-electron chi connectivity index (χ2n) is 3.02. The minimum Gasteiger partial charge on any atom is -0.244 e. The van der Waals surface area contributed by atoms with E-state index in [2.05, 4.69) is 35.9 Å². The van der Waals surface area contributed by atoms with Crippen LogP contribution in [-0.4, -0.2) is 9.97 Å². The number of aryl methyl sites for hydroxylation is 2. The highest BCUT2D eigenvalue weighted by Gasteiger charge is 1.97. The molecule has 0 amide bonds. The first-order valence-electron chi connectivity index (χ1n) is 4.94. The molecule has 0 fully saturated rings. The van der Waals surface area contributed by atoms with Crippen molar-refractivity contribution < 1.29 is 0 Å². The van der Waals surface area contributed by atoms with Gasteiger partial charge in [-0.1, -0.05) is 13.8 Å². The maximum Gasteiger partial charge on any atom is 0.116 e.